The number of hydrogen-bond donors (Lipinski definition) is 0. The number of pyridine rings is 1. The molecule has 10 heteroatoms. The number of halogens is 4. The van der Waals surface area contributed by atoms with Crippen LogP contribution in [0.15, 0.2) is 24.3 Å². The summed E-state index contributed by atoms with van der Waals surface area (Å²) in [6.07, 6.45) is -2.50. The first kappa shape index (κ1) is 22.3. The molecule has 33 heavy (non-hydrogen) atoms. The number of fused-ring (bicyclic) bond motifs is 3. The van der Waals surface area contributed by atoms with E-state index in [2.05, 4.69) is 14.5 Å². The van der Waals surface area contributed by atoms with Crippen molar-refractivity contribution >= 4 is 34.3 Å². The molecule has 0 saturated heterocycles. The normalized spacial score (nSPS) is 17.3. The smallest absolute Gasteiger partial charge is 0.411 e. The van der Waals surface area contributed by atoms with Crippen LogP contribution in [0.25, 0.3) is 11.0 Å². The number of aryl methyl sites for hydroxylation is 2. The van der Waals surface area contributed by atoms with E-state index < -0.39 is 18.9 Å². The maximum absolute atomic E-state index is 13.0. The van der Waals surface area contributed by atoms with Gasteiger partial charge in [0, 0.05) is 24.7 Å². The molecule has 1 aliphatic carbocycles. The summed E-state index contributed by atoms with van der Waals surface area (Å²) in [5, 5.41) is 0.463. The lowest BCUT2D eigenvalue weighted by Gasteiger charge is -2.30. The van der Waals surface area contributed by atoms with Crippen molar-refractivity contribution in [2.45, 2.75) is 45.0 Å². The van der Waals surface area contributed by atoms with Gasteiger partial charge in [-0.05, 0) is 44.2 Å². The van der Waals surface area contributed by atoms with Crippen molar-refractivity contribution in [1.82, 2.24) is 14.5 Å². The molecule has 2 aromatic heterocycles. The van der Waals surface area contributed by atoms with Crippen LogP contribution < -0.4 is 9.64 Å². The number of hydrogen-bond acceptors (Lipinski definition) is 5. The van der Waals surface area contributed by atoms with Gasteiger partial charge in [-0.1, -0.05) is 17.7 Å². The fourth-order valence-corrected chi connectivity index (χ4v) is 4.77. The molecular weight excluding hydrogens is 457 g/mol. The van der Waals surface area contributed by atoms with Crippen LogP contribution in [0.5, 0.6) is 5.88 Å². The van der Waals surface area contributed by atoms with E-state index in [4.69, 9.17) is 26.1 Å². The van der Waals surface area contributed by atoms with Crippen LogP contribution in [0, 0.1) is 12.8 Å². The summed E-state index contributed by atoms with van der Waals surface area (Å²) < 4.78 is 51.6. The number of anilines is 2. The molecule has 176 valence electrons. The fourth-order valence-electron chi connectivity index (χ4n) is 4.58. The van der Waals surface area contributed by atoms with E-state index in [1.54, 1.807) is 25.3 Å². The van der Waals surface area contributed by atoms with Gasteiger partial charge in [0.05, 0.1) is 35.1 Å². The zero-order valence-corrected chi connectivity index (χ0v) is 19.1. The zero-order valence-electron chi connectivity index (χ0n) is 18.3. The van der Waals surface area contributed by atoms with E-state index >= 15 is 0 Å². The third kappa shape index (κ3) is 4.24. The lowest BCUT2D eigenvalue weighted by molar-refractivity contribution is -0.188. The van der Waals surface area contributed by atoms with Crippen LogP contribution in [-0.2, 0) is 11.3 Å². The second kappa shape index (κ2) is 8.36. The Balaban J connectivity index is 1.62. The molecule has 5 rings (SSSR count). The van der Waals surface area contributed by atoms with Gasteiger partial charge in [0.15, 0.2) is 0 Å². The molecule has 1 aromatic carbocycles. The Morgan fingerprint density at radius 3 is 2.61 bits per heavy atom. The number of ether oxygens (including phenoxy) is 2. The number of aromatic nitrogens is 3. The molecule has 0 amide bonds. The standard InChI is InChI=1S/C23H24ClF3N4O2/c1-13-17(8-9-18(28-13)32-2)30-10-3-11-31-20-15(6-7-16(24)19(20)29-22(30)31)21(14-4-5-14)33-12-23(25,26)27/h6-9,14,21H,3-5,10-12H2,1-2H3. The van der Waals surface area contributed by atoms with E-state index in [0.29, 0.717) is 34.5 Å². The van der Waals surface area contributed by atoms with Crippen LogP contribution in [0.1, 0.15) is 36.6 Å². The molecule has 2 aliphatic rings. The van der Waals surface area contributed by atoms with Crippen molar-refractivity contribution in [3.8, 4) is 5.88 Å². The molecule has 1 aliphatic heterocycles. The monoisotopic (exact) mass is 480 g/mol. The number of methoxy groups -OCH3 is 1. The maximum atomic E-state index is 13.0. The summed E-state index contributed by atoms with van der Waals surface area (Å²) in [5.74, 6) is 1.29. The predicted octanol–water partition coefficient (Wildman–Crippen LogP) is 5.97. The molecule has 6 nitrogen and oxygen atoms in total. The topological polar surface area (TPSA) is 52.4 Å². The molecule has 1 unspecified atom stereocenters. The molecule has 1 saturated carbocycles. The molecule has 1 atom stereocenters. The Morgan fingerprint density at radius 1 is 1.15 bits per heavy atom. The van der Waals surface area contributed by atoms with Crippen molar-refractivity contribution in [1.29, 1.82) is 0 Å². The van der Waals surface area contributed by atoms with Crippen LogP contribution in [-0.4, -0.2) is 41.0 Å². The van der Waals surface area contributed by atoms with E-state index in [9.17, 15) is 13.2 Å². The Hall–Kier alpha value is -2.52. The van der Waals surface area contributed by atoms with E-state index in [1.807, 2.05) is 13.0 Å². The molecule has 0 radical (unpaired) electrons. The fraction of sp³-hybridized carbons (Fsp3) is 0.478. The highest BCUT2D eigenvalue weighted by molar-refractivity contribution is 6.35. The Kier molecular flexibility index (Phi) is 5.64. The van der Waals surface area contributed by atoms with Gasteiger partial charge >= 0.3 is 6.18 Å². The lowest BCUT2D eigenvalue weighted by atomic mass is 10.0. The van der Waals surface area contributed by atoms with E-state index in [-0.39, 0.29) is 5.92 Å². The Labute approximate surface area is 194 Å². The summed E-state index contributed by atoms with van der Waals surface area (Å²) in [6.45, 7) is 2.06. The van der Waals surface area contributed by atoms with Gasteiger partial charge in [-0.25, -0.2) is 9.97 Å². The molecule has 0 bridgehead atoms. The van der Waals surface area contributed by atoms with Crippen molar-refractivity contribution in [2.75, 3.05) is 25.2 Å². The van der Waals surface area contributed by atoms with Gasteiger partial charge in [-0.3, -0.25) is 0 Å². The number of nitrogens with zero attached hydrogens (tertiary/aromatic N) is 4. The quantitative estimate of drug-likeness (QED) is 0.435. The molecule has 3 heterocycles. The Morgan fingerprint density at radius 2 is 1.94 bits per heavy atom. The van der Waals surface area contributed by atoms with Crippen molar-refractivity contribution in [3.63, 3.8) is 0 Å². The predicted molar refractivity (Wildman–Crippen MR) is 119 cm³/mol. The number of imidazole rings is 1. The highest BCUT2D eigenvalue weighted by atomic mass is 35.5. The third-order valence-electron chi connectivity index (χ3n) is 6.18. The number of benzene rings is 1. The first-order valence-corrected chi connectivity index (χ1v) is 11.3. The first-order valence-electron chi connectivity index (χ1n) is 10.9. The largest absolute Gasteiger partial charge is 0.481 e. The van der Waals surface area contributed by atoms with Crippen LogP contribution in [0.3, 0.4) is 0 Å². The molecule has 0 N–H and O–H groups in total. The van der Waals surface area contributed by atoms with Crippen molar-refractivity contribution < 1.29 is 22.6 Å². The molecule has 3 aromatic rings. The summed E-state index contributed by atoms with van der Waals surface area (Å²) in [6, 6.07) is 7.24. The van der Waals surface area contributed by atoms with Crippen LogP contribution in [0.4, 0.5) is 24.8 Å². The van der Waals surface area contributed by atoms with Crippen LogP contribution >= 0.6 is 11.6 Å². The number of alkyl halides is 3. The van der Waals surface area contributed by atoms with Gasteiger partial charge < -0.3 is 18.9 Å². The SMILES string of the molecule is COc1ccc(N2CCCn3c2nc2c(Cl)ccc(C(OCC(F)(F)F)C4CC4)c23)c(C)n1. The second-order valence-corrected chi connectivity index (χ2v) is 8.95. The van der Waals surface area contributed by atoms with Crippen molar-refractivity contribution in [2.24, 2.45) is 5.92 Å². The molecule has 1 fully saturated rings. The average molecular weight is 481 g/mol. The minimum absolute atomic E-state index is 0.0654. The third-order valence-corrected chi connectivity index (χ3v) is 6.48. The number of rotatable bonds is 6. The Bertz CT molecular complexity index is 1190. The summed E-state index contributed by atoms with van der Waals surface area (Å²) >= 11 is 6.52. The van der Waals surface area contributed by atoms with Crippen molar-refractivity contribution in [3.05, 3.63) is 40.5 Å². The molecular formula is C23H24ClF3N4O2. The van der Waals surface area contributed by atoms with Gasteiger partial charge in [-0.15, -0.1) is 0 Å². The maximum Gasteiger partial charge on any atom is 0.411 e. The summed E-state index contributed by atoms with van der Waals surface area (Å²) in [4.78, 5) is 11.4. The summed E-state index contributed by atoms with van der Waals surface area (Å²) in [5.41, 5.74) is 3.74. The van der Waals surface area contributed by atoms with E-state index in [0.717, 1.165) is 42.7 Å². The lowest BCUT2D eigenvalue weighted by Crippen LogP contribution is -2.29. The van der Waals surface area contributed by atoms with Crippen LogP contribution in [0.2, 0.25) is 5.02 Å². The average Bonchev–Trinajstić information content (AvgIpc) is 3.53. The highest BCUT2D eigenvalue weighted by Crippen LogP contribution is 2.47. The van der Waals surface area contributed by atoms with Gasteiger partial charge in [-0.2, -0.15) is 13.2 Å². The highest BCUT2D eigenvalue weighted by Gasteiger charge is 2.39. The van der Waals surface area contributed by atoms with Gasteiger partial charge in [0.25, 0.3) is 0 Å². The molecule has 0 spiro atoms. The van der Waals surface area contributed by atoms with Gasteiger partial charge in [0.2, 0.25) is 11.8 Å². The minimum Gasteiger partial charge on any atom is -0.481 e. The minimum atomic E-state index is -4.38. The second-order valence-electron chi connectivity index (χ2n) is 8.54. The summed E-state index contributed by atoms with van der Waals surface area (Å²) in [7, 11) is 1.57. The first-order chi connectivity index (χ1) is 15.8. The van der Waals surface area contributed by atoms with Gasteiger partial charge in [0.1, 0.15) is 12.1 Å². The van der Waals surface area contributed by atoms with E-state index in [1.165, 1.54) is 0 Å². The zero-order chi connectivity index (χ0) is 23.3.